The minimum Gasteiger partial charge on any atom is -0.358 e. The molecule has 0 aliphatic rings. The summed E-state index contributed by atoms with van der Waals surface area (Å²) in [4.78, 5) is 0. The monoisotopic (exact) mass is 612 g/mol. The van der Waals surface area contributed by atoms with Crippen molar-refractivity contribution >= 4 is 0 Å². The fraction of sp³-hybridized carbons (Fsp3) is 0.778. The predicted octanol–water partition coefficient (Wildman–Crippen LogP) is 3.24. The van der Waals surface area contributed by atoms with Gasteiger partial charge in [-0.2, -0.15) is 12.8 Å². The third-order valence-corrected chi connectivity index (χ3v) is 1.26. The molecule has 0 saturated carbocycles. The normalized spacial score (nSPS) is 8.73. The number of hydrogen-bond donors (Lipinski definition) is 0. The summed E-state index contributed by atoms with van der Waals surface area (Å²) in [6, 6.07) is 0. The van der Waals surface area contributed by atoms with Crippen molar-refractivity contribution in [3.05, 3.63) is 12.8 Å². The summed E-state index contributed by atoms with van der Waals surface area (Å²) < 4.78 is 0. The van der Waals surface area contributed by atoms with Crippen LogP contribution >= 0.6 is 0 Å². The Labute approximate surface area is 59.7 Å². The Hall–Kier alpha value is -2.00. The quantitative estimate of drug-likeness (QED) is 0.328. The topological polar surface area (TPSA) is 0 Å². The summed E-state index contributed by atoms with van der Waals surface area (Å²) in [5.74, 6) is 0.829. The SMILES string of the molecule is CC[CH-]C[CH-]CC(C)C.[Cm].[Cm]. The first-order chi connectivity index (χ1) is 4.27. The van der Waals surface area contributed by atoms with E-state index in [0.717, 1.165) is 5.92 Å². The summed E-state index contributed by atoms with van der Waals surface area (Å²) in [5, 5.41) is 0. The summed E-state index contributed by atoms with van der Waals surface area (Å²) in [7, 11) is 0. The smallest absolute Gasteiger partial charge is 0 e. The van der Waals surface area contributed by atoms with E-state index < -0.39 is 0 Å². The Morgan fingerprint density at radius 3 is 2.00 bits per heavy atom. The van der Waals surface area contributed by atoms with Crippen LogP contribution in [0.5, 0.6) is 0 Å². The molecule has 0 heterocycles. The van der Waals surface area contributed by atoms with Gasteiger partial charge in [0, 0.05) is 0 Å². The first-order valence-corrected chi connectivity index (χ1v) is 3.90. The van der Waals surface area contributed by atoms with E-state index >= 15 is 0 Å². The summed E-state index contributed by atoms with van der Waals surface area (Å²) >= 11 is 0. The minimum absolute atomic E-state index is 0. The van der Waals surface area contributed by atoms with E-state index in [-0.39, 0.29) is 0 Å². The zero-order valence-corrected chi connectivity index (χ0v) is 13.4. The zero-order valence-electron chi connectivity index (χ0n) is 7.56. The molecule has 0 aliphatic carbocycles. The zero-order chi connectivity index (χ0) is 7.11. The number of unbranched alkanes of at least 4 members (excludes halogenated alkanes) is 3. The minimum atomic E-state index is 0. The van der Waals surface area contributed by atoms with Crippen LogP contribution in [0.15, 0.2) is 0 Å². The first kappa shape index (κ1) is 16.0. The maximum absolute atomic E-state index is 2.36. The van der Waals surface area contributed by atoms with Crippen molar-refractivity contribution in [3.63, 3.8) is 0 Å². The van der Waals surface area contributed by atoms with Gasteiger partial charge in [0.05, 0.1) is 0 Å². The van der Waals surface area contributed by atoms with Gasteiger partial charge < -0.3 is 19.3 Å². The van der Waals surface area contributed by atoms with E-state index in [4.69, 9.17) is 0 Å². The Balaban J connectivity index is -0.000000320. The molecule has 0 spiro atoms. The summed E-state index contributed by atoms with van der Waals surface area (Å²) in [6.07, 6.45) is 8.32. The van der Waals surface area contributed by atoms with Crippen LogP contribution in [0.25, 0.3) is 0 Å². The maximum atomic E-state index is 2.36. The molecule has 0 aromatic carbocycles. The Bertz CT molecular complexity index is 53.5. The second-order valence-corrected chi connectivity index (χ2v) is 2.85. The fourth-order valence-corrected chi connectivity index (χ4v) is 0.714. The van der Waals surface area contributed by atoms with E-state index in [0.29, 0.717) is 0 Å². The molecule has 11 heavy (non-hydrogen) atoms. The van der Waals surface area contributed by atoms with Gasteiger partial charge >= 0.3 is 0 Å². The van der Waals surface area contributed by atoms with Crippen LogP contribution in [0.1, 0.15) is 40.0 Å². The number of hydrogen-bond acceptors (Lipinski definition) is 0. The van der Waals surface area contributed by atoms with Crippen LogP contribution in [0.3, 0.4) is 0 Å². The van der Waals surface area contributed by atoms with Gasteiger partial charge in [-0.15, -0.1) is 0 Å². The molecule has 0 bridgehead atoms. The average molecular weight is 620 g/mol. The Kier molecular flexibility index (Phi) is 15.8. The van der Waals surface area contributed by atoms with Gasteiger partial charge in [0.25, 0.3) is 0 Å². The molecule has 2 heteroatoms. The summed E-state index contributed by atoms with van der Waals surface area (Å²) in [6.45, 7) is 6.69. The second-order valence-electron chi connectivity index (χ2n) is 2.85. The molecule has 72 valence electrons. The molecule has 0 aromatic heterocycles. The van der Waals surface area contributed by atoms with Gasteiger partial charge in [-0.1, -0.05) is 26.7 Å². The van der Waals surface area contributed by atoms with Crippen molar-refractivity contribution in [2.75, 3.05) is 0 Å². The average Bonchev–Trinajstić information content (AvgIpc) is 1.80. The van der Waals surface area contributed by atoms with Crippen LogP contribution in [0, 0.1) is 18.8 Å². The maximum Gasteiger partial charge on any atom is 0 e. The largest absolute Gasteiger partial charge is 0.358 e. The van der Waals surface area contributed by atoms with Gasteiger partial charge in [0.15, 0.2) is 0 Å². The van der Waals surface area contributed by atoms with Gasteiger partial charge in [0.1, 0.15) is 0 Å². The van der Waals surface area contributed by atoms with Crippen LogP contribution < -0.4 is 0 Å². The third kappa shape index (κ3) is 18.0. The molecule has 0 saturated heterocycles. The Morgan fingerprint density at radius 2 is 1.64 bits per heavy atom. The Morgan fingerprint density at radius 1 is 1.09 bits per heavy atom. The third-order valence-electron chi connectivity index (χ3n) is 1.26. The van der Waals surface area contributed by atoms with E-state index in [2.05, 4.69) is 33.6 Å². The van der Waals surface area contributed by atoms with Crippen molar-refractivity contribution in [1.82, 2.24) is 0 Å². The second kappa shape index (κ2) is 10.9. The van der Waals surface area contributed by atoms with Crippen molar-refractivity contribution in [2.45, 2.75) is 40.0 Å². The molecule has 0 N–H and O–H groups in total. The molecule has 0 radical (unpaired) electrons. The standard InChI is InChI=1S/C9H18.2Cm/c1-4-5-6-7-8-9(2)3;;/h5,7,9H,4,6,8H2,1-3H3;;/q-2;;. The van der Waals surface area contributed by atoms with Crippen LogP contribution in [-0.4, -0.2) is 0 Å². The van der Waals surface area contributed by atoms with Crippen LogP contribution in [0.2, 0.25) is 0 Å². The van der Waals surface area contributed by atoms with E-state index in [1.807, 2.05) is 0 Å². The van der Waals surface area contributed by atoms with E-state index in [1.54, 1.807) is 0 Å². The molecule has 0 nitrogen and oxygen atoms in total. The molecule has 0 atom stereocenters. The van der Waals surface area contributed by atoms with Crippen LogP contribution in [-0.2, 0) is 0 Å². The molecular formula is C9H18Cm2-2. The van der Waals surface area contributed by atoms with Crippen LogP contribution in [0.4, 0.5) is 0 Å². The molecule has 0 aliphatic heterocycles. The van der Waals surface area contributed by atoms with E-state index in [9.17, 15) is 0 Å². The van der Waals surface area contributed by atoms with Gasteiger partial charge in [-0.25, -0.2) is 0 Å². The summed E-state index contributed by atoms with van der Waals surface area (Å²) in [5.41, 5.74) is 0. The molecule has 0 amide bonds. The van der Waals surface area contributed by atoms with Crippen molar-refractivity contribution < 1.29 is 0 Å². The first-order valence-electron chi connectivity index (χ1n) is 3.90. The number of rotatable bonds is 5. The molecule has 0 fully saturated rings. The van der Waals surface area contributed by atoms with E-state index in [1.165, 1.54) is 19.3 Å². The van der Waals surface area contributed by atoms with Gasteiger partial charge in [-0.05, 0) is 0 Å². The molecule has 0 aromatic rings. The molecule has 0 unspecified atom stereocenters. The van der Waals surface area contributed by atoms with Gasteiger partial charge in [-0.3, -0.25) is 0 Å². The predicted molar refractivity (Wildman–Crippen MR) is 43.0 cm³/mol. The van der Waals surface area contributed by atoms with Crippen molar-refractivity contribution in [2.24, 2.45) is 5.92 Å². The van der Waals surface area contributed by atoms with Crippen molar-refractivity contribution in [3.8, 4) is 0 Å². The molecule has 0 rings (SSSR count). The van der Waals surface area contributed by atoms with Crippen molar-refractivity contribution in [1.29, 1.82) is 0 Å². The van der Waals surface area contributed by atoms with Gasteiger partial charge in [0.2, 0.25) is 0 Å². The fourth-order valence-electron chi connectivity index (χ4n) is 0.714. The molecular weight excluding hydrogens is 602 g/mol.